The van der Waals surface area contributed by atoms with Gasteiger partial charge in [0.1, 0.15) is 12.4 Å². The van der Waals surface area contributed by atoms with Gasteiger partial charge in [0, 0.05) is 28.4 Å². The van der Waals surface area contributed by atoms with Gasteiger partial charge in [0.25, 0.3) is 5.91 Å². The molecule has 0 unspecified atom stereocenters. The van der Waals surface area contributed by atoms with Crippen LogP contribution in [0.4, 0.5) is 10.3 Å². The first kappa shape index (κ1) is 24.0. The summed E-state index contributed by atoms with van der Waals surface area (Å²) < 4.78 is 15.4. The number of carbonyl (C=O) groups excluding carboxylic acids is 2. The van der Waals surface area contributed by atoms with Crippen LogP contribution < -0.4 is 5.32 Å². The summed E-state index contributed by atoms with van der Waals surface area (Å²) in [6.07, 6.45) is 3.42. The Labute approximate surface area is 217 Å². The Kier molecular flexibility index (Phi) is 6.76. The normalized spacial score (nSPS) is 12.9. The van der Waals surface area contributed by atoms with Gasteiger partial charge in [-0.1, -0.05) is 53.5 Å². The molecule has 1 aromatic heterocycles. The van der Waals surface area contributed by atoms with Crippen LogP contribution in [0.5, 0.6) is 0 Å². The molecule has 1 heterocycles. The highest BCUT2D eigenvalue weighted by Gasteiger charge is 2.34. The maximum Gasteiger partial charge on any atom is 0.254 e. The second-order valence-corrected chi connectivity index (χ2v) is 9.35. The van der Waals surface area contributed by atoms with E-state index in [-0.39, 0.29) is 29.5 Å². The summed E-state index contributed by atoms with van der Waals surface area (Å²) in [5.41, 5.74) is 2.45. The zero-order chi connectivity index (χ0) is 25.2. The van der Waals surface area contributed by atoms with E-state index < -0.39 is 11.7 Å². The van der Waals surface area contributed by atoms with Gasteiger partial charge in [-0.05, 0) is 55.3 Å². The average Bonchev–Trinajstić information content (AvgIpc) is 3.64. The van der Waals surface area contributed by atoms with Gasteiger partial charge < -0.3 is 4.90 Å². The molecule has 9 heteroatoms. The Bertz CT molecular complexity index is 1420. The highest BCUT2D eigenvalue weighted by molar-refractivity contribution is 6.31. The number of benzene rings is 3. The molecule has 36 heavy (non-hydrogen) atoms. The Morgan fingerprint density at radius 2 is 1.75 bits per heavy atom. The first-order valence-electron chi connectivity index (χ1n) is 11.4. The van der Waals surface area contributed by atoms with Crippen LogP contribution >= 0.6 is 23.2 Å². The van der Waals surface area contributed by atoms with E-state index in [1.807, 2.05) is 30.3 Å². The standard InChI is InChI=1S/C27H21Cl2FN4O2/c28-19-8-6-18(7-9-19)26(36)33(20-10-11-20)16-25(35)32-27-31-24(17-4-2-1-3-5-17)15-34(27)21-12-13-23(30)22(29)14-21/h1-9,12-15,20H,10-11,16H2,(H,31,32,35). The minimum atomic E-state index is -0.546. The number of nitrogens with one attached hydrogen (secondary N) is 1. The predicted molar refractivity (Wildman–Crippen MR) is 138 cm³/mol. The van der Waals surface area contributed by atoms with Crippen LogP contribution in [0.1, 0.15) is 23.2 Å². The lowest BCUT2D eigenvalue weighted by Gasteiger charge is -2.22. The lowest BCUT2D eigenvalue weighted by atomic mass is 10.2. The lowest BCUT2D eigenvalue weighted by molar-refractivity contribution is -0.117. The fraction of sp³-hybridized carbons (Fsp3) is 0.148. The second kappa shape index (κ2) is 10.1. The van der Waals surface area contributed by atoms with Crippen LogP contribution in [0.15, 0.2) is 79.0 Å². The van der Waals surface area contributed by atoms with Gasteiger partial charge in [0.15, 0.2) is 0 Å². The Morgan fingerprint density at radius 3 is 2.42 bits per heavy atom. The van der Waals surface area contributed by atoms with Crippen LogP contribution in [0.25, 0.3) is 16.9 Å². The summed E-state index contributed by atoms with van der Waals surface area (Å²) in [5.74, 6) is -0.946. The number of carbonyl (C=O) groups is 2. The van der Waals surface area contributed by atoms with Gasteiger partial charge in [-0.15, -0.1) is 0 Å². The molecule has 0 bridgehead atoms. The number of aromatic nitrogens is 2. The summed E-state index contributed by atoms with van der Waals surface area (Å²) in [5, 5.41) is 3.31. The molecule has 2 amide bonds. The topological polar surface area (TPSA) is 67.2 Å². The average molecular weight is 523 g/mol. The van der Waals surface area contributed by atoms with Crippen molar-refractivity contribution in [1.82, 2.24) is 14.5 Å². The molecular weight excluding hydrogens is 502 g/mol. The van der Waals surface area contributed by atoms with Gasteiger partial charge in [-0.2, -0.15) is 0 Å². The summed E-state index contributed by atoms with van der Waals surface area (Å²) in [4.78, 5) is 32.4. The van der Waals surface area contributed by atoms with Gasteiger partial charge in [-0.3, -0.25) is 19.5 Å². The predicted octanol–water partition coefficient (Wildman–Crippen LogP) is 6.23. The molecule has 1 aliphatic carbocycles. The van der Waals surface area contributed by atoms with Crippen molar-refractivity contribution in [2.45, 2.75) is 18.9 Å². The molecule has 0 aliphatic heterocycles. The fourth-order valence-electron chi connectivity index (χ4n) is 3.88. The monoisotopic (exact) mass is 522 g/mol. The summed E-state index contributed by atoms with van der Waals surface area (Å²) in [7, 11) is 0. The van der Waals surface area contributed by atoms with E-state index in [0.29, 0.717) is 22.0 Å². The molecule has 4 aromatic rings. The first-order chi connectivity index (χ1) is 17.4. The second-order valence-electron chi connectivity index (χ2n) is 8.50. The molecular formula is C27H21Cl2FN4O2. The third kappa shape index (κ3) is 5.27. The van der Waals surface area contributed by atoms with Crippen molar-refractivity contribution in [3.05, 3.63) is 100 Å². The fourth-order valence-corrected chi connectivity index (χ4v) is 4.18. The maximum atomic E-state index is 13.8. The van der Waals surface area contributed by atoms with E-state index in [0.717, 1.165) is 18.4 Å². The number of halogens is 3. The zero-order valence-corrected chi connectivity index (χ0v) is 20.5. The molecule has 5 rings (SSSR count). The van der Waals surface area contributed by atoms with Gasteiger partial charge in [0.05, 0.1) is 16.4 Å². The number of amides is 2. The van der Waals surface area contributed by atoms with Crippen molar-refractivity contribution in [1.29, 1.82) is 0 Å². The number of rotatable bonds is 7. The third-order valence-corrected chi connectivity index (χ3v) is 6.40. The minimum absolute atomic E-state index is 0.00876. The SMILES string of the molecule is O=C(CN(C(=O)c1ccc(Cl)cc1)C1CC1)Nc1nc(-c2ccccc2)cn1-c1ccc(F)c(Cl)c1. The molecule has 3 aromatic carbocycles. The van der Waals surface area contributed by atoms with Crippen molar-refractivity contribution in [2.24, 2.45) is 0 Å². The smallest absolute Gasteiger partial charge is 0.254 e. The van der Waals surface area contributed by atoms with Crippen molar-refractivity contribution in [2.75, 3.05) is 11.9 Å². The minimum Gasteiger partial charge on any atom is -0.326 e. The summed E-state index contributed by atoms with van der Waals surface area (Å²) in [6, 6.07) is 20.3. The van der Waals surface area contributed by atoms with E-state index >= 15 is 0 Å². The summed E-state index contributed by atoms with van der Waals surface area (Å²) in [6.45, 7) is -0.135. The number of hydrogen-bond acceptors (Lipinski definition) is 3. The molecule has 182 valence electrons. The van der Waals surface area contributed by atoms with E-state index in [9.17, 15) is 14.0 Å². The number of nitrogens with zero attached hydrogens (tertiary/aromatic N) is 3. The van der Waals surface area contributed by atoms with Crippen LogP contribution in [0.2, 0.25) is 10.0 Å². The van der Waals surface area contributed by atoms with E-state index in [1.165, 1.54) is 12.1 Å². The number of hydrogen-bond donors (Lipinski definition) is 1. The zero-order valence-electron chi connectivity index (χ0n) is 19.0. The molecule has 0 radical (unpaired) electrons. The molecule has 1 aliphatic rings. The van der Waals surface area contributed by atoms with Crippen LogP contribution in [0, 0.1) is 5.82 Å². The third-order valence-electron chi connectivity index (χ3n) is 5.86. The van der Waals surface area contributed by atoms with Crippen LogP contribution in [-0.2, 0) is 4.79 Å². The van der Waals surface area contributed by atoms with Gasteiger partial charge in [0.2, 0.25) is 11.9 Å². The Morgan fingerprint density at radius 1 is 1.03 bits per heavy atom. The molecule has 6 nitrogen and oxygen atoms in total. The maximum absolute atomic E-state index is 13.8. The largest absolute Gasteiger partial charge is 0.326 e. The molecule has 0 spiro atoms. The quantitative estimate of drug-likeness (QED) is 0.313. The van der Waals surface area contributed by atoms with Gasteiger partial charge >= 0.3 is 0 Å². The number of imidazole rings is 1. The molecule has 1 saturated carbocycles. The van der Waals surface area contributed by atoms with Crippen LogP contribution in [0.3, 0.4) is 0 Å². The van der Waals surface area contributed by atoms with Crippen molar-refractivity contribution >= 4 is 41.0 Å². The Hall–Kier alpha value is -3.68. The van der Waals surface area contributed by atoms with Crippen LogP contribution in [-0.4, -0.2) is 38.9 Å². The highest BCUT2D eigenvalue weighted by atomic mass is 35.5. The van der Waals surface area contributed by atoms with Gasteiger partial charge in [-0.25, -0.2) is 9.37 Å². The highest BCUT2D eigenvalue weighted by Crippen LogP contribution is 2.29. The van der Waals surface area contributed by atoms with Crippen molar-refractivity contribution in [3.8, 4) is 16.9 Å². The molecule has 0 saturated heterocycles. The van der Waals surface area contributed by atoms with E-state index in [4.69, 9.17) is 23.2 Å². The first-order valence-corrected chi connectivity index (χ1v) is 12.1. The van der Waals surface area contributed by atoms with E-state index in [1.54, 1.807) is 46.0 Å². The van der Waals surface area contributed by atoms with Crippen molar-refractivity contribution in [3.63, 3.8) is 0 Å². The molecule has 1 N–H and O–H groups in total. The lowest BCUT2D eigenvalue weighted by Crippen LogP contribution is -2.39. The van der Waals surface area contributed by atoms with E-state index in [2.05, 4.69) is 10.3 Å². The van der Waals surface area contributed by atoms with Crippen molar-refractivity contribution < 1.29 is 14.0 Å². The summed E-state index contributed by atoms with van der Waals surface area (Å²) >= 11 is 12.0. The number of anilines is 1. The Balaban J connectivity index is 1.42. The molecule has 0 atom stereocenters. The molecule has 1 fully saturated rings.